The van der Waals surface area contributed by atoms with Gasteiger partial charge in [-0.2, -0.15) is 0 Å². The lowest BCUT2D eigenvalue weighted by molar-refractivity contribution is -0.113. The smallest absolute Gasteiger partial charge is 0.268 e. The van der Waals surface area contributed by atoms with Crippen LogP contribution in [0.5, 0.6) is 0 Å². The van der Waals surface area contributed by atoms with Gasteiger partial charge >= 0.3 is 0 Å². The largest absolute Gasteiger partial charge is 0.271 e. The van der Waals surface area contributed by atoms with Crippen LogP contribution >= 0.6 is 11.8 Å². The highest BCUT2D eigenvalue weighted by Gasteiger charge is 2.34. The van der Waals surface area contributed by atoms with Crippen molar-refractivity contribution in [3.63, 3.8) is 0 Å². The number of aliphatic imine (C=N–C) groups is 1. The zero-order valence-corrected chi connectivity index (χ0v) is 16.6. The summed E-state index contributed by atoms with van der Waals surface area (Å²) in [4.78, 5) is 20.5. The van der Waals surface area contributed by atoms with Crippen LogP contribution in [0.1, 0.15) is 16.7 Å². The van der Waals surface area contributed by atoms with Crippen LogP contribution in [0.15, 0.2) is 88.8 Å². The first kappa shape index (κ1) is 18.3. The maximum absolute atomic E-state index is 13.2. The Bertz CT molecular complexity index is 1050. The lowest BCUT2D eigenvalue weighted by atomic mass is 10.1. The minimum atomic E-state index is -0.0509. The number of hydrogen-bond donors (Lipinski definition) is 0. The molecule has 1 aliphatic rings. The van der Waals surface area contributed by atoms with Gasteiger partial charge in [0.1, 0.15) is 0 Å². The van der Waals surface area contributed by atoms with Gasteiger partial charge in [0.25, 0.3) is 5.91 Å². The molecule has 1 saturated heterocycles. The molecule has 0 unspecified atom stereocenters. The van der Waals surface area contributed by atoms with Crippen LogP contribution in [0.2, 0.25) is 0 Å². The normalized spacial score (nSPS) is 16.9. The highest BCUT2D eigenvalue weighted by molar-refractivity contribution is 8.19. The van der Waals surface area contributed by atoms with E-state index in [0.29, 0.717) is 10.1 Å². The summed E-state index contributed by atoms with van der Waals surface area (Å²) in [6.45, 7) is 4.09. The Hall–Kier alpha value is -3.11. The number of para-hydroxylation sites is 2. The second kappa shape index (κ2) is 7.87. The van der Waals surface area contributed by atoms with Crippen LogP contribution in [0.4, 0.5) is 11.4 Å². The SMILES string of the molecule is Cc1cccc(C)c1N=C1SC(=Cc2ccccc2)C(=O)N1c1ccccc1. The fraction of sp³-hybridized carbons (Fsp3) is 0.0833. The second-order valence-corrected chi connectivity index (χ2v) is 7.64. The molecule has 1 aliphatic heterocycles. The van der Waals surface area contributed by atoms with Crippen molar-refractivity contribution in [3.05, 3.63) is 100 Å². The Morgan fingerprint density at radius 1 is 0.821 bits per heavy atom. The van der Waals surface area contributed by atoms with E-state index < -0.39 is 0 Å². The van der Waals surface area contributed by atoms with Gasteiger partial charge in [-0.05, 0) is 60.5 Å². The van der Waals surface area contributed by atoms with E-state index in [1.54, 1.807) is 4.90 Å². The summed E-state index contributed by atoms with van der Waals surface area (Å²) < 4.78 is 0. The molecule has 0 atom stereocenters. The number of amidine groups is 1. The van der Waals surface area contributed by atoms with Gasteiger partial charge in [0.2, 0.25) is 0 Å². The quantitative estimate of drug-likeness (QED) is 0.510. The topological polar surface area (TPSA) is 32.7 Å². The van der Waals surface area contributed by atoms with E-state index in [0.717, 1.165) is 28.1 Å². The van der Waals surface area contributed by atoms with Crippen molar-refractivity contribution in [2.75, 3.05) is 4.90 Å². The number of nitrogens with zero attached hydrogens (tertiary/aromatic N) is 2. The van der Waals surface area contributed by atoms with Gasteiger partial charge in [0.05, 0.1) is 16.3 Å². The lowest BCUT2D eigenvalue weighted by Gasteiger charge is -2.16. The lowest BCUT2D eigenvalue weighted by Crippen LogP contribution is -2.28. The van der Waals surface area contributed by atoms with Crippen molar-refractivity contribution in [2.45, 2.75) is 13.8 Å². The van der Waals surface area contributed by atoms with E-state index in [2.05, 4.69) is 0 Å². The summed E-state index contributed by atoms with van der Waals surface area (Å²) in [7, 11) is 0. The van der Waals surface area contributed by atoms with Crippen molar-refractivity contribution in [1.29, 1.82) is 0 Å². The third-order valence-electron chi connectivity index (χ3n) is 4.57. The van der Waals surface area contributed by atoms with Gasteiger partial charge in [-0.25, -0.2) is 4.99 Å². The molecule has 0 aromatic heterocycles. The van der Waals surface area contributed by atoms with Crippen LogP contribution in [0.25, 0.3) is 6.08 Å². The number of carbonyl (C=O) groups is 1. The van der Waals surface area contributed by atoms with Gasteiger partial charge in [-0.3, -0.25) is 9.69 Å². The first-order valence-corrected chi connectivity index (χ1v) is 9.94. The summed E-state index contributed by atoms with van der Waals surface area (Å²) >= 11 is 1.42. The van der Waals surface area contributed by atoms with Crippen molar-refractivity contribution >= 4 is 40.3 Å². The average molecular weight is 385 g/mol. The third kappa shape index (κ3) is 3.64. The molecule has 1 fully saturated rings. The molecule has 0 bridgehead atoms. The fourth-order valence-electron chi connectivity index (χ4n) is 3.13. The zero-order chi connectivity index (χ0) is 19.5. The fourth-order valence-corrected chi connectivity index (χ4v) is 4.12. The number of amides is 1. The van der Waals surface area contributed by atoms with E-state index in [9.17, 15) is 4.79 Å². The number of carbonyl (C=O) groups excluding carboxylic acids is 1. The standard InChI is InChI=1S/C24H20N2OS/c1-17-10-9-11-18(2)22(17)25-24-26(20-14-7-4-8-15-20)23(27)21(28-24)16-19-12-5-3-6-13-19/h3-16H,1-2H3. The molecule has 1 amide bonds. The van der Waals surface area contributed by atoms with E-state index in [-0.39, 0.29) is 5.91 Å². The molecule has 28 heavy (non-hydrogen) atoms. The Labute approximate surface area is 169 Å². The third-order valence-corrected chi connectivity index (χ3v) is 5.53. The Morgan fingerprint density at radius 2 is 1.43 bits per heavy atom. The predicted octanol–water partition coefficient (Wildman–Crippen LogP) is 6.11. The maximum Gasteiger partial charge on any atom is 0.271 e. The highest BCUT2D eigenvalue weighted by Crippen LogP contribution is 2.38. The average Bonchev–Trinajstić information content (AvgIpc) is 3.01. The Morgan fingerprint density at radius 3 is 2.07 bits per heavy atom. The molecule has 3 nitrogen and oxygen atoms in total. The van der Waals surface area contributed by atoms with Gasteiger partial charge in [-0.1, -0.05) is 66.7 Å². The Kier molecular flexibility index (Phi) is 5.13. The van der Waals surface area contributed by atoms with Crippen LogP contribution in [-0.2, 0) is 4.79 Å². The van der Waals surface area contributed by atoms with Crippen LogP contribution < -0.4 is 4.90 Å². The summed E-state index contributed by atoms with van der Waals surface area (Å²) in [5.74, 6) is -0.0509. The second-order valence-electron chi connectivity index (χ2n) is 6.63. The summed E-state index contributed by atoms with van der Waals surface area (Å²) in [5, 5.41) is 0.677. The van der Waals surface area contributed by atoms with Crippen molar-refractivity contribution in [1.82, 2.24) is 0 Å². The van der Waals surface area contributed by atoms with E-state index in [4.69, 9.17) is 4.99 Å². The van der Waals surface area contributed by atoms with E-state index in [1.807, 2.05) is 98.8 Å². The van der Waals surface area contributed by atoms with Crippen LogP contribution in [0.3, 0.4) is 0 Å². The number of thioether (sulfide) groups is 1. The Balaban J connectivity index is 1.82. The zero-order valence-electron chi connectivity index (χ0n) is 15.8. The predicted molar refractivity (Wildman–Crippen MR) is 119 cm³/mol. The molecule has 1 heterocycles. The summed E-state index contributed by atoms with van der Waals surface area (Å²) in [5.41, 5.74) is 4.92. The van der Waals surface area contributed by atoms with Crippen LogP contribution in [0, 0.1) is 13.8 Å². The molecule has 0 radical (unpaired) electrons. The number of aryl methyl sites for hydroxylation is 2. The molecular weight excluding hydrogens is 364 g/mol. The monoisotopic (exact) mass is 384 g/mol. The van der Waals surface area contributed by atoms with Gasteiger partial charge in [-0.15, -0.1) is 0 Å². The van der Waals surface area contributed by atoms with Crippen molar-refractivity contribution < 1.29 is 4.79 Å². The molecule has 3 aromatic rings. The molecular formula is C24H20N2OS. The van der Waals surface area contributed by atoms with Crippen molar-refractivity contribution in [3.8, 4) is 0 Å². The highest BCUT2D eigenvalue weighted by atomic mass is 32.2. The van der Waals surface area contributed by atoms with E-state index >= 15 is 0 Å². The molecule has 0 N–H and O–H groups in total. The summed E-state index contributed by atoms with van der Waals surface area (Å²) in [6, 6.07) is 25.7. The van der Waals surface area contributed by atoms with Crippen molar-refractivity contribution in [2.24, 2.45) is 4.99 Å². The van der Waals surface area contributed by atoms with Crippen LogP contribution in [-0.4, -0.2) is 11.1 Å². The molecule has 4 rings (SSSR count). The van der Waals surface area contributed by atoms with E-state index in [1.165, 1.54) is 11.8 Å². The minimum absolute atomic E-state index is 0.0509. The molecule has 4 heteroatoms. The number of anilines is 1. The summed E-state index contributed by atoms with van der Waals surface area (Å²) in [6.07, 6.45) is 1.93. The number of hydrogen-bond acceptors (Lipinski definition) is 3. The van der Waals surface area contributed by atoms with Gasteiger partial charge in [0, 0.05) is 0 Å². The molecule has 138 valence electrons. The molecule has 0 saturated carbocycles. The minimum Gasteiger partial charge on any atom is -0.268 e. The molecule has 0 spiro atoms. The molecule has 0 aliphatic carbocycles. The van der Waals surface area contributed by atoms with Gasteiger partial charge < -0.3 is 0 Å². The number of benzene rings is 3. The number of rotatable bonds is 3. The molecule has 3 aromatic carbocycles. The maximum atomic E-state index is 13.2. The first-order chi connectivity index (χ1) is 13.6. The van der Waals surface area contributed by atoms with Gasteiger partial charge in [0.15, 0.2) is 5.17 Å². The first-order valence-electron chi connectivity index (χ1n) is 9.12.